The molecule has 3 N–H and O–H groups in total. The van der Waals surface area contributed by atoms with Crippen LogP contribution in [0.3, 0.4) is 0 Å². The molecule has 0 radical (unpaired) electrons. The Morgan fingerprint density at radius 1 is 1.05 bits per heavy atom. The SMILES string of the molecule is N=C(N)c1ccc(Oc2ccc(Cl)cc2)cc1C(F)(F)F. The standard InChI is InChI=1S/C14H10ClF3N2O/c15-8-1-3-9(4-2-8)21-10-5-6-11(13(19)20)12(7-10)14(16,17)18/h1-7H,(H3,19,20). The molecule has 2 rings (SSSR count). The van der Waals surface area contributed by atoms with Gasteiger partial charge >= 0.3 is 6.18 Å². The molecule has 0 saturated carbocycles. The molecule has 0 bridgehead atoms. The van der Waals surface area contributed by atoms with Crippen molar-refractivity contribution in [3.63, 3.8) is 0 Å². The van der Waals surface area contributed by atoms with E-state index in [1.807, 2.05) is 0 Å². The Labute approximate surface area is 123 Å². The van der Waals surface area contributed by atoms with Crippen LogP contribution in [0.2, 0.25) is 5.02 Å². The number of nitrogens with one attached hydrogen (secondary N) is 1. The lowest BCUT2D eigenvalue weighted by atomic mass is 10.1. The highest BCUT2D eigenvalue weighted by molar-refractivity contribution is 6.30. The number of nitrogens with two attached hydrogens (primary N) is 1. The van der Waals surface area contributed by atoms with Gasteiger partial charge < -0.3 is 10.5 Å². The first-order chi connectivity index (χ1) is 9.77. The van der Waals surface area contributed by atoms with E-state index in [-0.39, 0.29) is 11.3 Å². The average Bonchev–Trinajstić information content (AvgIpc) is 2.40. The van der Waals surface area contributed by atoms with Crippen molar-refractivity contribution in [2.45, 2.75) is 6.18 Å². The molecule has 0 aliphatic carbocycles. The highest BCUT2D eigenvalue weighted by Crippen LogP contribution is 2.35. The van der Waals surface area contributed by atoms with Crippen LogP contribution in [0.1, 0.15) is 11.1 Å². The molecular weight excluding hydrogens is 305 g/mol. The topological polar surface area (TPSA) is 59.1 Å². The van der Waals surface area contributed by atoms with E-state index in [4.69, 9.17) is 27.5 Å². The van der Waals surface area contributed by atoms with Gasteiger partial charge in [-0.1, -0.05) is 11.6 Å². The highest BCUT2D eigenvalue weighted by Gasteiger charge is 2.34. The predicted octanol–water partition coefficient (Wildman–Crippen LogP) is 4.44. The third-order valence-electron chi connectivity index (χ3n) is 2.64. The first-order valence-corrected chi connectivity index (χ1v) is 6.14. The Bertz CT molecular complexity index is 669. The number of hydrogen-bond donors (Lipinski definition) is 2. The van der Waals surface area contributed by atoms with Crippen molar-refractivity contribution in [3.05, 3.63) is 58.6 Å². The zero-order chi connectivity index (χ0) is 15.6. The van der Waals surface area contributed by atoms with Crippen LogP contribution in [0.5, 0.6) is 11.5 Å². The largest absolute Gasteiger partial charge is 0.457 e. The van der Waals surface area contributed by atoms with E-state index in [0.29, 0.717) is 10.8 Å². The molecule has 0 saturated heterocycles. The fourth-order valence-electron chi connectivity index (χ4n) is 1.69. The van der Waals surface area contributed by atoms with Crippen molar-refractivity contribution < 1.29 is 17.9 Å². The van der Waals surface area contributed by atoms with Gasteiger partial charge in [-0.2, -0.15) is 13.2 Å². The second kappa shape index (κ2) is 5.65. The maximum atomic E-state index is 13.0. The molecule has 0 aliphatic rings. The van der Waals surface area contributed by atoms with Gasteiger partial charge in [0.2, 0.25) is 0 Å². The minimum Gasteiger partial charge on any atom is -0.457 e. The molecule has 2 aromatic carbocycles. The van der Waals surface area contributed by atoms with E-state index in [2.05, 4.69) is 0 Å². The molecular formula is C14H10ClF3N2O. The summed E-state index contributed by atoms with van der Waals surface area (Å²) in [6.45, 7) is 0. The quantitative estimate of drug-likeness (QED) is 0.650. The summed E-state index contributed by atoms with van der Waals surface area (Å²) in [5, 5.41) is 7.68. The molecule has 0 heterocycles. The molecule has 0 fully saturated rings. The maximum Gasteiger partial charge on any atom is 0.417 e. The molecule has 0 unspecified atom stereocenters. The molecule has 7 heteroatoms. The van der Waals surface area contributed by atoms with Crippen LogP contribution in [0.4, 0.5) is 13.2 Å². The Balaban J connectivity index is 2.38. The lowest BCUT2D eigenvalue weighted by molar-refractivity contribution is -0.137. The molecule has 0 aromatic heterocycles. The van der Waals surface area contributed by atoms with Crippen LogP contribution in [0.25, 0.3) is 0 Å². The molecule has 0 atom stereocenters. The zero-order valence-electron chi connectivity index (χ0n) is 10.5. The fourth-order valence-corrected chi connectivity index (χ4v) is 1.82. The van der Waals surface area contributed by atoms with E-state index in [9.17, 15) is 13.2 Å². The lowest BCUT2D eigenvalue weighted by Crippen LogP contribution is -2.18. The second-order valence-corrected chi connectivity index (χ2v) is 4.61. The van der Waals surface area contributed by atoms with Crippen LogP contribution in [-0.4, -0.2) is 5.84 Å². The van der Waals surface area contributed by atoms with Crippen molar-refractivity contribution >= 4 is 17.4 Å². The van der Waals surface area contributed by atoms with E-state index < -0.39 is 17.6 Å². The predicted molar refractivity (Wildman–Crippen MR) is 74.0 cm³/mol. The Hall–Kier alpha value is -2.21. The van der Waals surface area contributed by atoms with Crippen molar-refractivity contribution in [2.24, 2.45) is 5.73 Å². The van der Waals surface area contributed by atoms with Gasteiger partial charge in [-0.05, 0) is 42.5 Å². The normalized spacial score (nSPS) is 11.2. The second-order valence-electron chi connectivity index (χ2n) is 4.17. The number of ether oxygens (including phenoxy) is 1. The van der Waals surface area contributed by atoms with Crippen LogP contribution < -0.4 is 10.5 Å². The van der Waals surface area contributed by atoms with E-state index in [1.165, 1.54) is 18.2 Å². The van der Waals surface area contributed by atoms with Crippen molar-refractivity contribution in [1.82, 2.24) is 0 Å². The number of halogens is 4. The van der Waals surface area contributed by atoms with Crippen LogP contribution in [0, 0.1) is 5.41 Å². The van der Waals surface area contributed by atoms with Gasteiger partial charge in [-0.25, -0.2) is 0 Å². The zero-order valence-corrected chi connectivity index (χ0v) is 11.3. The van der Waals surface area contributed by atoms with Gasteiger partial charge in [0.05, 0.1) is 5.56 Å². The average molecular weight is 315 g/mol. The van der Waals surface area contributed by atoms with E-state index >= 15 is 0 Å². The molecule has 2 aromatic rings. The first-order valence-electron chi connectivity index (χ1n) is 5.76. The van der Waals surface area contributed by atoms with Gasteiger partial charge in [0, 0.05) is 10.6 Å². The van der Waals surface area contributed by atoms with Crippen LogP contribution in [0.15, 0.2) is 42.5 Å². The summed E-state index contributed by atoms with van der Waals surface area (Å²) >= 11 is 5.71. The van der Waals surface area contributed by atoms with Gasteiger partial charge in [-0.15, -0.1) is 0 Å². The van der Waals surface area contributed by atoms with Crippen LogP contribution >= 0.6 is 11.6 Å². The molecule has 0 aliphatic heterocycles. The molecule has 0 spiro atoms. The third kappa shape index (κ3) is 3.66. The number of alkyl halides is 3. The summed E-state index contributed by atoms with van der Waals surface area (Å²) in [6.07, 6.45) is -4.62. The van der Waals surface area contributed by atoms with Gasteiger partial charge in [-0.3, -0.25) is 5.41 Å². The summed E-state index contributed by atoms with van der Waals surface area (Å²) in [5.74, 6) is -0.307. The third-order valence-corrected chi connectivity index (χ3v) is 2.89. The maximum absolute atomic E-state index is 13.0. The van der Waals surface area contributed by atoms with Crippen LogP contribution in [-0.2, 0) is 6.18 Å². The van der Waals surface area contributed by atoms with Crippen molar-refractivity contribution in [2.75, 3.05) is 0 Å². The molecule has 21 heavy (non-hydrogen) atoms. The summed E-state index contributed by atoms with van der Waals surface area (Å²) < 4.78 is 44.2. The number of rotatable bonds is 3. The number of amidine groups is 1. The monoisotopic (exact) mass is 314 g/mol. The smallest absolute Gasteiger partial charge is 0.417 e. The van der Waals surface area contributed by atoms with E-state index in [0.717, 1.165) is 12.1 Å². The van der Waals surface area contributed by atoms with Crippen molar-refractivity contribution in [3.8, 4) is 11.5 Å². The molecule has 110 valence electrons. The Kier molecular flexibility index (Phi) is 4.09. The van der Waals surface area contributed by atoms with Gasteiger partial charge in [0.25, 0.3) is 0 Å². The summed E-state index contributed by atoms with van der Waals surface area (Å²) in [7, 11) is 0. The summed E-state index contributed by atoms with van der Waals surface area (Å²) in [6, 6.07) is 9.43. The Morgan fingerprint density at radius 3 is 2.14 bits per heavy atom. The Morgan fingerprint density at radius 2 is 1.62 bits per heavy atom. The first kappa shape index (κ1) is 15.2. The van der Waals surface area contributed by atoms with E-state index in [1.54, 1.807) is 12.1 Å². The minimum atomic E-state index is -4.62. The number of benzene rings is 2. The molecule has 0 amide bonds. The molecule has 3 nitrogen and oxygen atoms in total. The fraction of sp³-hybridized carbons (Fsp3) is 0.0714. The lowest BCUT2D eigenvalue weighted by Gasteiger charge is -2.14. The summed E-state index contributed by atoms with van der Waals surface area (Å²) in [5.41, 5.74) is 3.76. The minimum absolute atomic E-state index is 0.00496. The number of nitrogen functional groups attached to an aromatic ring is 1. The summed E-state index contributed by atoms with van der Waals surface area (Å²) in [4.78, 5) is 0. The van der Waals surface area contributed by atoms with Gasteiger partial charge in [0.15, 0.2) is 0 Å². The van der Waals surface area contributed by atoms with Crippen molar-refractivity contribution in [1.29, 1.82) is 5.41 Å². The number of hydrogen-bond acceptors (Lipinski definition) is 2. The highest BCUT2D eigenvalue weighted by atomic mass is 35.5. The van der Waals surface area contributed by atoms with Gasteiger partial charge in [0.1, 0.15) is 17.3 Å².